The van der Waals surface area contributed by atoms with Crippen LogP contribution in [0.25, 0.3) is 0 Å². The molecule has 1 aromatic rings. The summed E-state index contributed by atoms with van der Waals surface area (Å²) in [5.74, 6) is 0. The van der Waals surface area contributed by atoms with Gasteiger partial charge >= 0.3 is 0 Å². The molecule has 3 heteroatoms. The van der Waals surface area contributed by atoms with Crippen LogP contribution in [0.2, 0.25) is 0 Å². The third kappa shape index (κ3) is 2.82. The van der Waals surface area contributed by atoms with E-state index < -0.39 is 0 Å². The van der Waals surface area contributed by atoms with Crippen molar-refractivity contribution in [3.8, 4) is 0 Å². The van der Waals surface area contributed by atoms with Crippen LogP contribution in [0.3, 0.4) is 0 Å². The minimum absolute atomic E-state index is 0.126. The van der Waals surface area contributed by atoms with Crippen LogP contribution in [0.1, 0.15) is 9.75 Å². The number of nitrogens with zero attached hydrogens (tertiary/aromatic N) is 1. The van der Waals surface area contributed by atoms with E-state index in [0.717, 1.165) is 4.88 Å². The van der Waals surface area contributed by atoms with E-state index in [1.165, 1.54) is 4.88 Å². The van der Waals surface area contributed by atoms with Crippen molar-refractivity contribution in [2.75, 3.05) is 13.2 Å². The van der Waals surface area contributed by atoms with Gasteiger partial charge in [-0.05, 0) is 19.1 Å². The van der Waals surface area contributed by atoms with Gasteiger partial charge in [0.1, 0.15) is 0 Å². The number of hydrogen-bond acceptors (Lipinski definition) is 3. The van der Waals surface area contributed by atoms with Gasteiger partial charge in [-0.2, -0.15) is 0 Å². The van der Waals surface area contributed by atoms with Gasteiger partial charge < -0.3 is 5.11 Å². The molecule has 0 unspecified atom stereocenters. The maximum absolute atomic E-state index is 8.44. The van der Waals surface area contributed by atoms with Crippen LogP contribution in [0.5, 0.6) is 0 Å². The van der Waals surface area contributed by atoms with Crippen LogP contribution in [0.15, 0.2) is 17.1 Å². The monoisotopic (exact) mass is 169 g/mol. The first kappa shape index (κ1) is 8.43. The molecule has 0 amide bonds. The SMILES string of the molecule is Cc1ccc(C=NCCO)s1. The molecule has 60 valence electrons. The van der Waals surface area contributed by atoms with E-state index >= 15 is 0 Å². The van der Waals surface area contributed by atoms with Gasteiger partial charge in [-0.3, -0.25) is 4.99 Å². The molecule has 0 fully saturated rings. The zero-order valence-corrected chi connectivity index (χ0v) is 7.27. The van der Waals surface area contributed by atoms with Gasteiger partial charge in [-0.25, -0.2) is 0 Å². The normalized spacial score (nSPS) is 11.1. The zero-order valence-electron chi connectivity index (χ0n) is 6.45. The first-order chi connectivity index (χ1) is 5.33. The summed E-state index contributed by atoms with van der Waals surface area (Å²) in [6.45, 7) is 2.69. The van der Waals surface area contributed by atoms with Crippen molar-refractivity contribution in [3.63, 3.8) is 0 Å². The molecule has 0 saturated heterocycles. The smallest absolute Gasteiger partial charge is 0.0626 e. The van der Waals surface area contributed by atoms with Crippen molar-refractivity contribution in [2.24, 2.45) is 4.99 Å². The number of aliphatic hydroxyl groups is 1. The van der Waals surface area contributed by atoms with Crippen molar-refractivity contribution in [1.82, 2.24) is 0 Å². The van der Waals surface area contributed by atoms with Crippen LogP contribution < -0.4 is 0 Å². The van der Waals surface area contributed by atoms with Crippen molar-refractivity contribution in [2.45, 2.75) is 6.92 Å². The minimum Gasteiger partial charge on any atom is -0.394 e. The van der Waals surface area contributed by atoms with E-state index in [0.29, 0.717) is 6.54 Å². The number of aliphatic imine (C=N–C) groups is 1. The summed E-state index contributed by atoms with van der Waals surface area (Å²) in [4.78, 5) is 6.45. The minimum atomic E-state index is 0.126. The Bertz CT molecular complexity index is 242. The standard InChI is InChI=1S/C8H11NOS/c1-7-2-3-8(11-7)6-9-4-5-10/h2-3,6,10H,4-5H2,1H3. The van der Waals surface area contributed by atoms with Crippen molar-refractivity contribution in [1.29, 1.82) is 0 Å². The molecule has 1 aromatic heterocycles. The predicted molar refractivity (Wildman–Crippen MR) is 48.6 cm³/mol. The van der Waals surface area contributed by atoms with Gasteiger partial charge in [0.15, 0.2) is 0 Å². The van der Waals surface area contributed by atoms with Gasteiger partial charge in [0.2, 0.25) is 0 Å². The Morgan fingerprint density at radius 3 is 3.00 bits per heavy atom. The van der Waals surface area contributed by atoms with Crippen LogP contribution in [-0.2, 0) is 0 Å². The summed E-state index contributed by atoms with van der Waals surface area (Å²) in [5, 5.41) is 8.44. The van der Waals surface area contributed by atoms with Gasteiger partial charge in [0.25, 0.3) is 0 Å². The first-order valence-electron chi connectivity index (χ1n) is 3.50. The number of hydrogen-bond donors (Lipinski definition) is 1. The van der Waals surface area contributed by atoms with Gasteiger partial charge in [-0.1, -0.05) is 0 Å². The fourth-order valence-corrected chi connectivity index (χ4v) is 1.51. The van der Waals surface area contributed by atoms with Crippen molar-refractivity contribution in [3.05, 3.63) is 21.9 Å². The maximum atomic E-state index is 8.44. The molecule has 0 bridgehead atoms. The lowest BCUT2D eigenvalue weighted by atomic mass is 10.4. The maximum Gasteiger partial charge on any atom is 0.0626 e. The van der Waals surface area contributed by atoms with E-state index in [-0.39, 0.29) is 6.61 Å². The highest BCUT2D eigenvalue weighted by Crippen LogP contribution is 2.12. The lowest BCUT2D eigenvalue weighted by Crippen LogP contribution is -1.87. The quantitative estimate of drug-likeness (QED) is 0.683. The summed E-state index contributed by atoms with van der Waals surface area (Å²) in [6, 6.07) is 4.09. The highest BCUT2D eigenvalue weighted by Gasteiger charge is 1.90. The predicted octanol–water partition coefficient (Wildman–Crippen LogP) is 1.47. The second-order valence-electron chi connectivity index (χ2n) is 2.21. The highest BCUT2D eigenvalue weighted by atomic mass is 32.1. The van der Waals surface area contributed by atoms with Crippen LogP contribution in [0, 0.1) is 6.92 Å². The molecular formula is C8H11NOS. The fraction of sp³-hybridized carbons (Fsp3) is 0.375. The number of thiophene rings is 1. The lowest BCUT2D eigenvalue weighted by Gasteiger charge is -1.84. The molecule has 0 aromatic carbocycles. The first-order valence-corrected chi connectivity index (χ1v) is 4.31. The molecule has 1 N–H and O–H groups in total. The molecule has 0 aliphatic rings. The fourth-order valence-electron chi connectivity index (χ4n) is 0.735. The molecule has 0 aliphatic heterocycles. The van der Waals surface area contributed by atoms with Crippen LogP contribution in [-0.4, -0.2) is 24.5 Å². The zero-order chi connectivity index (χ0) is 8.10. The number of aliphatic hydroxyl groups excluding tert-OH is 1. The van der Waals surface area contributed by atoms with Gasteiger partial charge in [0, 0.05) is 16.0 Å². The lowest BCUT2D eigenvalue weighted by molar-refractivity contribution is 0.307. The third-order valence-electron chi connectivity index (χ3n) is 1.21. The Morgan fingerprint density at radius 1 is 1.64 bits per heavy atom. The van der Waals surface area contributed by atoms with E-state index in [1.807, 2.05) is 6.07 Å². The second-order valence-corrected chi connectivity index (χ2v) is 3.53. The number of aryl methyl sites for hydroxylation is 1. The van der Waals surface area contributed by atoms with E-state index in [2.05, 4.69) is 18.0 Å². The Hall–Kier alpha value is -0.670. The molecular weight excluding hydrogens is 158 g/mol. The Kier molecular flexibility index (Phi) is 3.26. The molecule has 2 nitrogen and oxygen atoms in total. The molecule has 0 aliphatic carbocycles. The summed E-state index contributed by atoms with van der Waals surface area (Å²) in [7, 11) is 0. The van der Waals surface area contributed by atoms with Gasteiger partial charge in [-0.15, -0.1) is 11.3 Å². The summed E-state index contributed by atoms with van der Waals surface area (Å²) < 4.78 is 0. The Labute approximate surface area is 70.2 Å². The summed E-state index contributed by atoms with van der Waals surface area (Å²) in [6.07, 6.45) is 1.80. The van der Waals surface area contributed by atoms with E-state index in [1.54, 1.807) is 17.6 Å². The van der Waals surface area contributed by atoms with Crippen LogP contribution in [0.4, 0.5) is 0 Å². The summed E-state index contributed by atoms with van der Waals surface area (Å²) >= 11 is 1.71. The largest absolute Gasteiger partial charge is 0.394 e. The van der Waals surface area contributed by atoms with Gasteiger partial charge in [0.05, 0.1) is 13.2 Å². The third-order valence-corrected chi connectivity index (χ3v) is 2.14. The molecule has 0 radical (unpaired) electrons. The van der Waals surface area contributed by atoms with Crippen molar-refractivity contribution < 1.29 is 5.11 Å². The molecule has 0 atom stereocenters. The molecule has 11 heavy (non-hydrogen) atoms. The Balaban J connectivity index is 2.50. The van der Waals surface area contributed by atoms with E-state index in [9.17, 15) is 0 Å². The average Bonchev–Trinajstić information content (AvgIpc) is 2.37. The molecule has 1 heterocycles. The number of rotatable bonds is 3. The Morgan fingerprint density at radius 2 is 2.45 bits per heavy atom. The topological polar surface area (TPSA) is 32.6 Å². The molecule has 0 spiro atoms. The molecule has 0 saturated carbocycles. The molecule has 1 rings (SSSR count). The van der Waals surface area contributed by atoms with Crippen LogP contribution >= 0.6 is 11.3 Å². The second kappa shape index (κ2) is 4.26. The summed E-state index contributed by atoms with van der Waals surface area (Å²) in [5.41, 5.74) is 0. The highest BCUT2D eigenvalue weighted by molar-refractivity contribution is 7.13. The van der Waals surface area contributed by atoms with E-state index in [4.69, 9.17) is 5.11 Å². The average molecular weight is 169 g/mol. The van der Waals surface area contributed by atoms with Crippen molar-refractivity contribution >= 4 is 17.6 Å².